The molecule has 0 spiro atoms. The van der Waals surface area contributed by atoms with Crippen molar-refractivity contribution in [2.75, 3.05) is 19.7 Å². The van der Waals surface area contributed by atoms with Gasteiger partial charge < -0.3 is 15.4 Å². The van der Waals surface area contributed by atoms with Crippen LogP contribution in [0.2, 0.25) is 0 Å². The van der Waals surface area contributed by atoms with Crippen LogP contribution in [0.1, 0.15) is 57.7 Å². The number of aromatic nitrogens is 3. The number of fused-ring (bicyclic) bond motifs is 1. The SMILES string of the molecule is CC1CCCCC1OCCNC(=O)NCCCn1nc2n(c1=O)CCCC2. The van der Waals surface area contributed by atoms with E-state index in [4.69, 9.17) is 4.74 Å². The van der Waals surface area contributed by atoms with Crippen LogP contribution in [-0.4, -0.2) is 46.2 Å². The van der Waals surface area contributed by atoms with Gasteiger partial charge in [0.25, 0.3) is 0 Å². The Hall–Kier alpha value is -1.83. The first-order valence-corrected chi connectivity index (χ1v) is 10.4. The smallest absolute Gasteiger partial charge is 0.345 e. The minimum absolute atomic E-state index is 0.0248. The summed E-state index contributed by atoms with van der Waals surface area (Å²) in [6.07, 6.45) is 8.95. The molecule has 1 aliphatic carbocycles. The van der Waals surface area contributed by atoms with Gasteiger partial charge in [0.1, 0.15) is 5.82 Å². The third-order valence-corrected chi connectivity index (χ3v) is 5.62. The molecule has 2 N–H and O–H groups in total. The van der Waals surface area contributed by atoms with Crippen LogP contribution in [0.25, 0.3) is 0 Å². The molecule has 1 aromatic rings. The van der Waals surface area contributed by atoms with Gasteiger partial charge in [-0.05, 0) is 38.0 Å². The van der Waals surface area contributed by atoms with E-state index in [1.54, 1.807) is 4.57 Å². The lowest BCUT2D eigenvalue weighted by atomic mass is 9.88. The largest absolute Gasteiger partial charge is 0.376 e. The highest BCUT2D eigenvalue weighted by Crippen LogP contribution is 2.25. The topological polar surface area (TPSA) is 90.2 Å². The van der Waals surface area contributed by atoms with Crippen LogP contribution in [0.4, 0.5) is 4.79 Å². The molecule has 2 heterocycles. The number of aryl methyl sites for hydroxylation is 2. The van der Waals surface area contributed by atoms with Gasteiger partial charge in [-0.25, -0.2) is 14.3 Å². The van der Waals surface area contributed by atoms with Gasteiger partial charge in [0.2, 0.25) is 0 Å². The lowest BCUT2D eigenvalue weighted by Crippen LogP contribution is -2.39. The van der Waals surface area contributed by atoms with Crippen molar-refractivity contribution in [3.05, 3.63) is 16.3 Å². The predicted octanol–water partition coefficient (Wildman–Crippen LogP) is 1.67. The van der Waals surface area contributed by atoms with Crippen LogP contribution >= 0.6 is 0 Å². The Morgan fingerprint density at radius 2 is 2.00 bits per heavy atom. The number of nitrogens with zero attached hydrogens (tertiary/aromatic N) is 3. The first-order chi connectivity index (χ1) is 13.1. The zero-order valence-electron chi connectivity index (χ0n) is 16.4. The van der Waals surface area contributed by atoms with Gasteiger partial charge in [-0.3, -0.25) is 4.57 Å². The number of hydrogen-bond donors (Lipinski definition) is 2. The van der Waals surface area contributed by atoms with Crippen LogP contribution in [0.5, 0.6) is 0 Å². The normalized spacial score (nSPS) is 22.3. The average Bonchev–Trinajstić information content (AvgIpc) is 3.00. The number of carbonyl (C=O) groups excluding carboxylic acids is 1. The van der Waals surface area contributed by atoms with Crippen LogP contribution in [0.3, 0.4) is 0 Å². The van der Waals surface area contributed by atoms with Crippen LogP contribution < -0.4 is 16.3 Å². The summed E-state index contributed by atoms with van der Waals surface area (Å²) in [5.41, 5.74) is -0.0248. The third-order valence-electron chi connectivity index (χ3n) is 5.62. The molecule has 2 atom stereocenters. The van der Waals surface area contributed by atoms with Gasteiger partial charge in [-0.15, -0.1) is 0 Å². The van der Waals surface area contributed by atoms with Gasteiger partial charge in [0.15, 0.2) is 0 Å². The molecule has 1 aromatic heterocycles. The fourth-order valence-corrected chi connectivity index (χ4v) is 3.99. The van der Waals surface area contributed by atoms with E-state index in [9.17, 15) is 9.59 Å². The summed E-state index contributed by atoms with van der Waals surface area (Å²) in [4.78, 5) is 24.0. The molecule has 0 bridgehead atoms. The minimum Gasteiger partial charge on any atom is -0.376 e. The molecule has 3 rings (SSSR count). The van der Waals surface area contributed by atoms with Gasteiger partial charge in [0, 0.05) is 32.6 Å². The second-order valence-corrected chi connectivity index (χ2v) is 7.74. The molecule has 0 radical (unpaired) electrons. The highest BCUT2D eigenvalue weighted by molar-refractivity contribution is 5.73. The maximum Gasteiger partial charge on any atom is 0.345 e. The molecule has 1 saturated carbocycles. The summed E-state index contributed by atoms with van der Waals surface area (Å²) in [6, 6.07) is -0.188. The summed E-state index contributed by atoms with van der Waals surface area (Å²) < 4.78 is 9.19. The van der Waals surface area contributed by atoms with Gasteiger partial charge in [-0.1, -0.05) is 19.8 Å². The summed E-state index contributed by atoms with van der Waals surface area (Å²) in [7, 11) is 0. The van der Waals surface area contributed by atoms with Gasteiger partial charge >= 0.3 is 11.7 Å². The summed E-state index contributed by atoms with van der Waals surface area (Å²) in [6.45, 7) is 5.13. The number of ether oxygens (including phenoxy) is 1. The zero-order valence-corrected chi connectivity index (χ0v) is 16.4. The number of rotatable bonds is 8. The molecule has 2 aliphatic rings. The van der Waals surface area contributed by atoms with E-state index in [1.807, 2.05) is 0 Å². The fourth-order valence-electron chi connectivity index (χ4n) is 3.99. The van der Waals surface area contributed by atoms with Gasteiger partial charge in [-0.2, -0.15) is 5.10 Å². The number of amides is 2. The van der Waals surface area contributed by atoms with Crippen molar-refractivity contribution in [2.24, 2.45) is 5.92 Å². The summed E-state index contributed by atoms with van der Waals surface area (Å²) >= 11 is 0. The molecule has 1 aliphatic heterocycles. The van der Waals surface area contributed by atoms with Crippen molar-refractivity contribution in [3.8, 4) is 0 Å². The van der Waals surface area contributed by atoms with Crippen LogP contribution in [-0.2, 0) is 24.2 Å². The van der Waals surface area contributed by atoms with E-state index in [-0.39, 0.29) is 11.7 Å². The maximum atomic E-state index is 12.2. The van der Waals surface area contributed by atoms with Crippen LogP contribution in [0.15, 0.2) is 4.79 Å². The van der Waals surface area contributed by atoms with Crippen molar-refractivity contribution in [1.29, 1.82) is 0 Å². The Morgan fingerprint density at radius 3 is 2.81 bits per heavy atom. The number of hydrogen-bond acceptors (Lipinski definition) is 4. The Balaban J connectivity index is 1.27. The fraction of sp³-hybridized carbons (Fsp3) is 0.842. The van der Waals surface area contributed by atoms with Crippen molar-refractivity contribution < 1.29 is 9.53 Å². The molecule has 0 aromatic carbocycles. The first kappa shape index (κ1) is 19.9. The molecule has 27 heavy (non-hydrogen) atoms. The Morgan fingerprint density at radius 1 is 1.19 bits per heavy atom. The lowest BCUT2D eigenvalue weighted by molar-refractivity contribution is -0.00242. The third kappa shape index (κ3) is 5.57. The molecule has 0 saturated heterocycles. The quantitative estimate of drug-likeness (QED) is 0.672. The van der Waals surface area contributed by atoms with E-state index < -0.39 is 0 Å². The number of nitrogens with one attached hydrogen (secondary N) is 2. The molecule has 8 nitrogen and oxygen atoms in total. The average molecular weight is 380 g/mol. The molecular weight excluding hydrogens is 346 g/mol. The number of carbonyl (C=O) groups is 1. The summed E-state index contributed by atoms with van der Waals surface area (Å²) in [5, 5.41) is 10.0. The van der Waals surface area contributed by atoms with Crippen molar-refractivity contribution in [3.63, 3.8) is 0 Å². The second kappa shape index (κ2) is 9.92. The Kier molecular flexibility index (Phi) is 7.32. The van der Waals surface area contributed by atoms with Crippen molar-refractivity contribution >= 4 is 6.03 Å². The highest BCUT2D eigenvalue weighted by atomic mass is 16.5. The zero-order chi connectivity index (χ0) is 19.1. The van der Waals surface area contributed by atoms with E-state index in [0.29, 0.717) is 44.7 Å². The van der Waals surface area contributed by atoms with E-state index in [2.05, 4.69) is 22.7 Å². The number of urea groups is 1. The maximum absolute atomic E-state index is 12.2. The standard InChI is InChI=1S/C19H33N5O3/c1-15-7-2-3-8-16(15)27-14-11-21-18(25)20-10-6-13-24-19(26)23-12-5-4-9-17(23)22-24/h15-16H,2-14H2,1H3,(H2,20,21,25). The Labute approximate surface area is 160 Å². The van der Waals surface area contributed by atoms with E-state index in [0.717, 1.165) is 38.1 Å². The van der Waals surface area contributed by atoms with E-state index in [1.165, 1.54) is 23.9 Å². The molecule has 1 fully saturated rings. The first-order valence-electron chi connectivity index (χ1n) is 10.4. The van der Waals surface area contributed by atoms with E-state index >= 15 is 0 Å². The molecule has 2 amide bonds. The molecular formula is C19H33N5O3. The molecule has 2 unspecified atom stereocenters. The minimum atomic E-state index is -0.188. The van der Waals surface area contributed by atoms with Crippen molar-refractivity contribution in [2.45, 2.75) is 77.5 Å². The lowest BCUT2D eigenvalue weighted by Gasteiger charge is -2.28. The highest BCUT2D eigenvalue weighted by Gasteiger charge is 2.21. The monoisotopic (exact) mass is 379 g/mol. The Bertz CT molecular complexity index is 669. The molecule has 8 heteroatoms. The predicted molar refractivity (Wildman–Crippen MR) is 103 cm³/mol. The second-order valence-electron chi connectivity index (χ2n) is 7.74. The van der Waals surface area contributed by atoms with Crippen molar-refractivity contribution in [1.82, 2.24) is 25.0 Å². The summed E-state index contributed by atoms with van der Waals surface area (Å²) in [5.74, 6) is 1.51. The van der Waals surface area contributed by atoms with Crippen LogP contribution in [0, 0.1) is 5.92 Å². The molecule has 152 valence electrons. The van der Waals surface area contributed by atoms with Gasteiger partial charge in [0.05, 0.1) is 12.7 Å².